The van der Waals surface area contributed by atoms with Crippen molar-refractivity contribution in [3.63, 3.8) is 0 Å². The van der Waals surface area contributed by atoms with Crippen molar-refractivity contribution in [1.82, 2.24) is 4.31 Å². The Labute approximate surface area is 169 Å². The zero-order valence-electron chi connectivity index (χ0n) is 16.2. The predicted octanol–water partition coefficient (Wildman–Crippen LogP) is 4.48. The lowest BCUT2D eigenvalue weighted by Crippen LogP contribution is -2.29. The van der Waals surface area contributed by atoms with Gasteiger partial charge in [0, 0.05) is 26.1 Å². The number of carbonyl (C=O) groups is 1. The number of aromatic carboxylic acids is 1. The van der Waals surface area contributed by atoms with Crippen LogP contribution < -0.4 is 5.32 Å². The number of halogens is 3. The first-order valence-electron chi connectivity index (χ1n) is 9.79. The fourth-order valence-electron chi connectivity index (χ4n) is 3.29. The van der Waals surface area contributed by atoms with Crippen molar-refractivity contribution < 1.29 is 31.5 Å². The summed E-state index contributed by atoms with van der Waals surface area (Å²) >= 11 is 0. The third-order valence-electron chi connectivity index (χ3n) is 4.86. The molecule has 1 aromatic carbocycles. The lowest BCUT2D eigenvalue weighted by Gasteiger charge is -2.19. The summed E-state index contributed by atoms with van der Waals surface area (Å²) < 4.78 is 63.5. The molecule has 0 bridgehead atoms. The number of hydrogen-bond donors (Lipinski definition) is 2. The molecule has 0 unspecified atom stereocenters. The Morgan fingerprint density at radius 3 is 2.31 bits per heavy atom. The summed E-state index contributed by atoms with van der Waals surface area (Å²) in [5.41, 5.74) is 0.247. The van der Waals surface area contributed by atoms with Crippen molar-refractivity contribution in [2.75, 3.05) is 25.0 Å². The van der Waals surface area contributed by atoms with Crippen molar-refractivity contribution in [3.05, 3.63) is 23.8 Å². The average molecular weight is 436 g/mol. The second kappa shape index (κ2) is 10.3. The van der Waals surface area contributed by atoms with Gasteiger partial charge in [0.25, 0.3) is 0 Å². The molecule has 1 aliphatic heterocycles. The molecular weight excluding hydrogens is 409 g/mol. The Morgan fingerprint density at radius 1 is 1.07 bits per heavy atom. The first-order valence-corrected chi connectivity index (χ1v) is 11.2. The van der Waals surface area contributed by atoms with Crippen molar-refractivity contribution in [1.29, 1.82) is 0 Å². The number of unbranched alkanes of at least 4 members (excludes halogenated alkanes) is 4. The normalized spacial score (nSPS) is 15.6. The van der Waals surface area contributed by atoms with E-state index in [-0.39, 0.29) is 16.9 Å². The molecule has 2 N–H and O–H groups in total. The van der Waals surface area contributed by atoms with Crippen LogP contribution in [0, 0.1) is 0 Å². The van der Waals surface area contributed by atoms with Crippen LogP contribution in [-0.2, 0) is 10.0 Å². The summed E-state index contributed by atoms with van der Waals surface area (Å²) in [6.45, 7) is 1.28. The Hall–Kier alpha value is -1.81. The fourth-order valence-corrected chi connectivity index (χ4v) is 5.00. The first-order chi connectivity index (χ1) is 13.6. The van der Waals surface area contributed by atoms with E-state index in [9.17, 15) is 31.5 Å². The number of alkyl halides is 3. The highest BCUT2D eigenvalue weighted by Crippen LogP contribution is 2.29. The van der Waals surface area contributed by atoms with Gasteiger partial charge >= 0.3 is 12.1 Å². The number of nitrogens with one attached hydrogen (secondary N) is 1. The maximum Gasteiger partial charge on any atom is 0.389 e. The van der Waals surface area contributed by atoms with Crippen LogP contribution >= 0.6 is 0 Å². The minimum Gasteiger partial charge on any atom is -0.478 e. The van der Waals surface area contributed by atoms with Gasteiger partial charge in [0.2, 0.25) is 10.0 Å². The third-order valence-corrected chi connectivity index (χ3v) is 6.80. The summed E-state index contributed by atoms with van der Waals surface area (Å²) in [7, 11) is -3.79. The molecule has 0 amide bonds. The molecule has 0 saturated carbocycles. The number of carboxylic acid groups (broad SMARTS) is 1. The van der Waals surface area contributed by atoms with E-state index in [1.807, 2.05) is 0 Å². The quantitative estimate of drug-likeness (QED) is 0.500. The molecule has 0 aromatic heterocycles. The summed E-state index contributed by atoms with van der Waals surface area (Å²) in [6.07, 6.45) is -0.631. The lowest BCUT2D eigenvalue weighted by molar-refractivity contribution is -0.135. The van der Waals surface area contributed by atoms with Crippen LogP contribution in [0.2, 0.25) is 0 Å². The minimum atomic E-state index is -4.11. The SMILES string of the molecule is O=C(O)c1ccc(NCCCCCCCC(F)(F)F)c(S(=O)(=O)N2CCCC2)c1. The summed E-state index contributed by atoms with van der Waals surface area (Å²) in [4.78, 5) is 11.2. The van der Waals surface area contributed by atoms with Gasteiger partial charge in [-0.3, -0.25) is 0 Å². The van der Waals surface area contributed by atoms with Gasteiger partial charge in [-0.1, -0.05) is 19.3 Å². The second-order valence-corrected chi connectivity index (χ2v) is 9.09. The van der Waals surface area contributed by atoms with E-state index in [0.717, 1.165) is 19.3 Å². The zero-order valence-corrected chi connectivity index (χ0v) is 17.0. The molecule has 1 heterocycles. The number of sulfonamides is 1. The van der Waals surface area contributed by atoms with Gasteiger partial charge in [-0.05, 0) is 43.9 Å². The average Bonchev–Trinajstić information content (AvgIpc) is 3.18. The van der Waals surface area contributed by atoms with Gasteiger partial charge in [-0.15, -0.1) is 0 Å². The van der Waals surface area contributed by atoms with E-state index < -0.39 is 28.6 Å². The standard InChI is InChI=1S/C19H27F3N2O4S/c20-19(21,22)10-4-2-1-3-5-11-23-16-9-8-15(18(25)26)14-17(16)29(27,28)24-12-6-7-13-24/h8-9,14,23H,1-7,10-13H2,(H,25,26). The van der Waals surface area contributed by atoms with E-state index >= 15 is 0 Å². The van der Waals surface area contributed by atoms with Gasteiger partial charge in [0.1, 0.15) is 4.90 Å². The molecule has 1 aromatic rings. The second-order valence-electron chi connectivity index (χ2n) is 7.19. The topological polar surface area (TPSA) is 86.7 Å². The molecule has 0 atom stereocenters. The van der Waals surface area contributed by atoms with Gasteiger partial charge in [-0.25, -0.2) is 13.2 Å². The van der Waals surface area contributed by atoms with E-state index in [2.05, 4.69) is 5.32 Å². The Morgan fingerprint density at radius 2 is 1.69 bits per heavy atom. The molecule has 6 nitrogen and oxygen atoms in total. The van der Waals surface area contributed by atoms with Crippen molar-refractivity contribution >= 4 is 21.7 Å². The molecule has 164 valence electrons. The molecule has 0 aliphatic carbocycles. The van der Waals surface area contributed by atoms with Crippen molar-refractivity contribution in [2.45, 2.75) is 62.4 Å². The molecule has 1 saturated heterocycles. The van der Waals surface area contributed by atoms with E-state index in [0.29, 0.717) is 44.6 Å². The Bertz CT molecular complexity index is 791. The van der Waals surface area contributed by atoms with E-state index in [1.165, 1.54) is 22.5 Å². The smallest absolute Gasteiger partial charge is 0.389 e. The first kappa shape index (κ1) is 23.5. The van der Waals surface area contributed by atoms with Crippen LogP contribution in [0.15, 0.2) is 23.1 Å². The molecule has 29 heavy (non-hydrogen) atoms. The van der Waals surface area contributed by atoms with E-state index in [1.54, 1.807) is 0 Å². The number of hydrogen-bond acceptors (Lipinski definition) is 4. The van der Waals surface area contributed by atoms with Crippen molar-refractivity contribution in [2.24, 2.45) is 0 Å². The van der Waals surface area contributed by atoms with Gasteiger partial charge in [0.15, 0.2) is 0 Å². The lowest BCUT2D eigenvalue weighted by atomic mass is 10.1. The molecule has 0 spiro atoms. The van der Waals surface area contributed by atoms with Crippen LogP contribution in [0.25, 0.3) is 0 Å². The van der Waals surface area contributed by atoms with E-state index in [4.69, 9.17) is 0 Å². The molecule has 1 fully saturated rings. The highest BCUT2D eigenvalue weighted by Gasteiger charge is 2.30. The zero-order chi connectivity index (χ0) is 21.5. The van der Waals surface area contributed by atoms with Crippen LogP contribution in [0.4, 0.5) is 18.9 Å². The van der Waals surface area contributed by atoms with Crippen LogP contribution in [-0.4, -0.2) is 49.6 Å². The highest BCUT2D eigenvalue weighted by atomic mass is 32.2. The highest BCUT2D eigenvalue weighted by molar-refractivity contribution is 7.89. The third kappa shape index (κ3) is 7.18. The fraction of sp³-hybridized carbons (Fsp3) is 0.632. The number of nitrogens with zero attached hydrogens (tertiary/aromatic N) is 1. The maximum atomic E-state index is 12.9. The largest absolute Gasteiger partial charge is 0.478 e. The summed E-state index contributed by atoms with van der Waals surface area (Å²) in [6, 6.07) is 3.98. The molecule has 1 aliphatic rings. The maximum absolute atomic E-state index is 12.9. The number of carboxylic acids is 1. The number of benzene rings is 1. The Balaban J connectivity index is 1.93. The molecule has 2 rings (SSSR count). The molecule has 0 radical (unpaired) electrons. The van der Waals surface area contributed by atoms with Crippen molar-refractivity contribution in [3.8, 4) is 0 Å². The predicted molar refractivity (Wildman–Crippen MR) is 104 cm³/mol. The van der Waals surface area contributed by atoms with Gasteiger partial charge in [0.05, 0.1) is 11.3 Å². The monoisotopic (exact) mass is 436 g/mol. The number of rotatable bonds is 11. The van der Waals surface area contributed by atoms with Gasteiger partial charge in [-0.2, -0.15) is 17.5 Å². The minimum absolute atomic E-state index is 0.0514. The number of anilines is 1. The van der Waals surface area contributed by atoms with Crippen LogP contribution in [0.5, 0.6) is 0 Å². The van der Waals surface area contributed by atoms with Crippen LogP contribution in [0.1, 0.15) is 61.7 Å². The van der Waals surface area contributed by atoms with Crippen LogP contribution in [0.3, 0.4) is 0 Å². The summed E-state index contributed by atoms with van der Waals surface area (Å²) in [5.74, 6) is -1.20. The molecular formula is C19H27F3N2O4S. The molecule has 10 heteroatoms. The Kier molecular flexibility index (Phi) is 8.33. The summed E-state index contributed by atoms with van der Waals surface area (Å²) in [5, 5.41) is 12.2. The van der Waals surface area contributed by atoms with Gasteiger partial charge < -0.3 is 10.4 Å².